The Morgan fingerprint density at radius 1 is 1.16 bits per heavy atom. The Morgan fingerprint density at radius 3 is 2.71 bits per heavy atom. The van der Waals surface area contributed by atoms with Crippen LogP contribution in [0.2, 0.25) is 5.02 Å². The Labute approximate surface area is 189 Å². The largest absolute Gasteiger partial charge is 0.469 e. The summed E-state index contributed by atoms with van der Waals surface area (Å²) in [5.74, 6) is 0.476. The van der Waals surface area contributed by atoms with Gasteiger partial charge in [0.1, 0.15) is 4.88 Å². The van der Waals surface area contributed by atoms with Crippen molar-refractivity contribution < 1.29 is 23.8 Å². The second-order valence-corrected chi connectivity index (χ2v) is 9.13. The van der Waals surface area contributed by atoms with E-state index in [4.69, 9.17) is 25.8 Å². The number of carbonyl (C=O) groups is 2. The minimum atomic E-state index is -0.426. The van der Waals surface area contributed by atoms with E-state index in [-0.39, 0.29) is 19.2 Å². The number of amides is 1. The fraction of sp³-hybridized carbons (Fsp3) is 0.190. The number of hydrogen-bond donors (Lipinski definition) is 0. The first kappa shape index (κ1) is 20.0. The second-order valence-electron chi connectivity index (χ2n) is 6.69. The van der Waals surface area contributed by atoms with Gasteiger partial charge in [-0.05, 0) is 6.07 Å². The summed E-state index contributed by atoms with van der Waals surface area (Å²) in [6, 6.07) is 11.3. The lowest BCUT2D eigenvalue weighted by Crippen LogP contribution is -2.19. The lowest BCUT2D eigenvalue weighted by Gasteiger charge is -2.05. The Balaban J connectivity index is 1.63. The van der Waals surface area contributed by atoms with Gasteiger partial charge in [-0.15, -0.1) is 11.3 Å². The van der Waals surface area contributed by atoms with Crippen LogP contribution < -0.4 is 14.3 Å². The molecule has 7 nitrogen and oxygen atoms in total. The standard InChI is InChI=1S/C21H15ClN2O5S2/c1-27-17(25)6-7-24-12-8-13-14(29-10-28-13)9-16(12)31-21(24)23-20(26)19-18(22)11-4-2-3-5-15(11)30-19/h2-5,8-9H,6-7,10H2,1H3. The number of aromatic nitrogens is 1. The molecule has 4 aromatic rings. The van der Waals surface area contributed by atoms with Crippen LogP contribution in [0.1, 0.15) is 16.1 Å². The zero-order valence-corrected chi connectivity index (χ0v) is 18.6. The third-order valence-corrected chi connectivity index (χ3v) is 7.58. The number of rotatable bonds is 4. The van der Waals surface area contributed by atoms with Crippen molar-refractivity contribution >= 4 is 66.5 Å². The van der Waals surface area contributed by atoms with Crippen LogP contribution >= 0.6 is 34.3 Å². The normalized spacial score (nSPS) is 13.3. The predicted molar refractivity (Wildman–Crippen MR) is 119 cm³/mol. The van der Waals surface area contributed by atoms with Crippen molar-refractivity contribution in [1.29, 1.82) is 0 Å². The van der Waals surface area contributed by atoms with Crippen molar-refractivity contribution in [3.8, 4) is 11.5 Å². The number of nitrogens with zero attached hydrogens (tertiary/aromatic N) is 2. The van der Waals surface area contributed by atoms with Gasteiger partial charge in [-0.1, -0.05) is 41.1 Å². The molecule has 1 aliphatic heterocycles. The van der Waals surface area contributed by atoms with E-state index in [1.165, 1.54) is 29.8 Å². The van der Waals surface area contributed by atoms with Crippen LogP contribution in [0.25, 0.3) is 20.3 Å². The van der Waals surface area contributed by atoms with Gasteiger partial charge < -0.3 is 18.8 Å². The summed E-state index contributed by atoms with van der Waals surface area (Å²) < 4.78 is 19.3. The zero-order chi connectivity index (χ0) is 21.5. The monoisotopic (exact) mass is 474 g/mol. The molecule has 5 rings (SSSR count). The Hall–Kier alpha value is -2.88. The molecule has 31 heavy (non-hydrogen) atoms. The topological polar surface area (TPSA) is 79.1 Å². The molecule has 0 atom stereocenters. The van der Waals surface area contributed by atoms with Crippen molar-refractivity contribution in [2.75, 3.05) is 13.9 Å². The lowest BCUT2D eigenvalue weighted by atomic mass is 10.2. The predicted octanol–water partition coefficient (Wildman–Crippen LogP) is 4.60. The van der Waals surface area contributed by atoms with E-state index in [1.54, 1.807) is 0 Å². The maximum Gasteiger partial charge on any atom is 0.307 e. The van der Waals surface area contributed by atoms with Gasteiger partial charge in [0.05, 0.1) is 28.8 Å². The summed E-state index contributed by atoms with van der Waals surface area (Å²) in [5.41, 5.74) is 0.798. The van der Waals surface area contributed by atoms with Gasteiger partial charge >= 0.3 is 5.97 Å². The molecule has 0 unspecified atom stereocenters. The van der Waals surface area contributed by atoms with Crippen LogP contribution in [0.5, 0.6) is 11.5 Å². The molecule has 1 amide bonds. The number of halogens is 1. The van der Waals surface area contributed by atoms with Crippen LogP contribution in [0.4, 0.5) is 0 Å². The highest BCUT2D eigenvalue weighted by Crippen LogP contribution is 2.38. The zero-order valence-electron chi connectivity index (χ0n) is 16.2. The fourth-order valence-electron chi connectivity index (χ4n) is 3.36. The Kier molecular flexibility index (Phi) is 5.17. The van der Waals surface area contributed by atoms with E-state index in [0.29, 0.717) is 32.7 Å². The molecule has 3 heterocycles. The van der Waals surface area contributed by atoms with Gasteiger partial charge in [0.15, 0.2) is 16.3 Å². The lowest BCUT2D eigenvalue weighted by molar-refractivity contribution is -0.140. The third-order valence-electron chi connectivity index (χ3n) is 4.87. The van der Waals surface area contributed by atoms with Crippen molar-refractivity contribution in [2.45, 2.75) is 13.0 Å². The molecule has 0 fully saturated rings. The molecule has 0 saturated carbocycles. The minimum Gasteiger partial charge on any atom is -0.469 e. The smallest absolute Gasteiger partial charge is 0.307 e. The van der Waals surface area contributed by atoms with Crippen LogP contribution in [0.3, 0.4) is 0 Å². The summed E-state index contributed by atoms with van der Waals surface area (Å²) in [6.07, 6.45) is 0.141. The number of hydrogen-bond acceptors (Lipinski definition) is 7. The highest BCUT2D eigenvalue weighted by atomic mass is 35.5. The van der Waals surface area contributed by atoms with E-state index in [1.807, 2.05) is 41.0 Å². The van der Waals surface area contributed by atoms with Crippen molar-refractivity contribution in [3.05, 3.63) is 51.1 Å². The van der Waals surface area contributed by atoms with Gasteiger partial charge in [-0.25, -0.2) is 0 Å². The van der Waals surface area contributed by atoms with E-state index < -0.39 is 5.91 Å². The molecule has 10 heteroatoms. The molecule has 0 radical (unpaired) electrons. The molecule has 0 saturated heterocycles. The number of fused-ring (bicyclic) bond motifs is 3. The van der Waals surface area contributed by atoms with Crippen molar-refractivity contribution in [2.24, 2.45) is 4.99 Å². The average molecular weight is 475 g/mol. The number of benzene rings is 2. The molecule has 2 aromatic carbocycles. The second kappa shape index (κ2) is 7.99. The van der Waals surface area contributed by atoms with Crippen LogP contribution in [-0.2, 0) is 16.1 Å². The van der Waals surface area contributed by atoms with Crippen molar-refractivity contribution in [1.82, 2.24) is 4.57 Å². The molecule has 0 spiro atoms. The molecule has 158 valence electrons. The number of aryl methyl sites for hydroxylation is 1. The van der Waals surface area contributed by atoms with E-state index >= 15 is 0 Å². The van der Waals surface area contributed by atoms with Gasteiger partial charge in [-0.2, -0.15) is 4.99 Å². The first-order valence-corrected chi connectivity index (χ1v) is 11.3. The van der Waals surface area contributed by atoms with Crippen LogP contribution in [0, 0.1) is 0 Å². The van der Waals surface area contributed by atoms with Gasteiger partial charge in [0, 0.05) is 28.8 Å². The SMILES string of the molecule is COC(=O)CCn1c(=NC(=O)c2sc3ccccc3c2Cl)sc2cc3c(cc21)OCO3. The van der Waals surface area contributed by atoms with Crippen molar-refractivity contribution in [3.63, 3.8) is 0 Å². The third kappa shape index (κ3) is 3.58. The molecular weight excluding hydrogens is 460 g/mol. The molecule has 0 bridgehead atoms. The van der Waals surface area contributed by atoms with Gasteiger partial charge in [-0.3, -0.25) is 9.59 Å². The van der Waals surface area contributed by atoms with E-state index in [0.717, 1.165) is 20.3 Å². The Bertz CT molecular complexity index is 1420. The number of methoxy groups -OCH3 is 1. The van der Waals surface area contributed by atoms with E-state index in [9.17, 15) is 9.59 Å². The summed E-state index contributed by atoms with van der Waals surface area (Å²) in [7, 11) is 1.34. The molecule has 1 aliphatic rings. The molecule has 0 N–H and O–H groups in total. The highest BCUT2D eigenvalue weighted by molar-refractivity contribution is 7.21. The molecule has 0 aliphatic carbocycles. The quantitative estimate of drug-likeness (QED) is 0.404. The Morgan fingerprint density at radius 2 is 1.94 bits per heavy atom. The number of esters is 1. The summed E-state index contributed by atoms with van der Waals surface area (Å²) in [5, 5.41) is 1.23. The highest BCUT2D eigenvalue weighted by Gasteiger charge is 2.20. The summed E-state index contributed by atoms with van der Waals surface area (Å²) >= 11 is 9.10. The molecule has 2 aromatic heterocycles. The van der Waals surface area contributed by atoms with Gasteiger partial charge in [0.25, 0.3) is 5.91 Å². The number of ether oxygens (including phenoxy) is 3. The minimum absolute atomic E-state index is 0.141. The average Bonchev–Trinajstić information content (AvgIpc) is 3.46. The number of thiophene rings is 1. The summed E-state index contributed by atoms with van der Waals surface area (Å²) in [4.78, 5) is 30.0. The van der Waals surface area contributed by atoms with E-state index in [2.05, 4.69) is 4.99 Å². The fourth-order valence-corrected chi connectivity index (χ4v) is 5.82. The molecular formula is C21H15ClN2O5S2. The van der Waals surface area contributed by atoms with Crippen LogP contribution in [-0.4, -0.2) is 30.3 Å². The first-order chi connectivity index (χ1) is 15.0. The maximum absolute atomic E-state index is 13.0. The van der Waals surface area contributed by atoms with Crippen LogP contribution in [0.15, 0.2) is 41.4 Å². The number of carbonyl (C=O) groups excluding carboxylic acids is 2. The maximum atomic E-state index is 13.0. The first-order valence-electron chi connectivity index (χ1n) is 9.31. The van der Waals surface area contributed by atoms with Gasteiger partial charge in [0.2, 0.25) is 6.79 Å². The summed E-state index contributed by atoms with van der Waals surface area (Å²) in [6.45, 7) is 0.466. The number of thiazole rings is 1.